The number of amides is 2. The van der Waals surface area contributed by atoms with Gasteiger partial charge in [-0.1, -0.05) is 17.2 Å². The van der Waals surface area contributed by atoms with Crippen molar-refractivity contribution in [3.63, 3.8) is 0 Å². The minimum absolute atomic E-state index is 0.0411. The third kappa shape index (κ3) is 3.36. The lowest BCUT2D eigenvalue weighted by molar-refractivity contribution is -0.0587. The van der Waals surface area contributed by atoms with Crippen molar-refractivity contribution >= 4 is 27.8 Å². The van der Waals surface area contributed by atoms with Crippen molar-refractivity contribution < 1.29 is 36.8 Å². The summed E-state index contributed by atoms with van der Waals surface area (Å²) in [6.45, 7) is 0.674. The summed E-state index contributed by atoms with van der Waals surface area (Å²) in [5.74, 6) is -4.18. The molecule has 2 aliphatic heterocycles. The maximum Gasteiger partial charge on any atom is 0.366 e. The predicted molar refractivity (Wildman–Crippen MR) is 98.3 cm³/mol. The van der Waals surface area contributed by atoms with Gasteiger partial charge in [-0.2, -0.15) is 4.31 Å². The lowest BCUT2D eigenvalue weighted by atomic mass is 10.1. The summed E-state index contributed by atoms with van der Waals surface area (Å²) in [6.07, 6.45) is 0. The summed E-state index contributed by atoms with van der Waals surface area (Å²) in [7, 11) is -4.00. The number of fused-ring (bicyclic) bond motifs is 1. The molecule has 0 atom stereocenters. The van der Waals surface area contributed by atoms with Crippen LogP contribution in [0, 0.1) is 5.82 Å². The van der Waals surface area contributed by atoms with Crippen LogP contribution in [0.1, 0.15) is 31.1 Å². The second-order valence-corrected chi connectivity index (χ2v) is 8.43. The summed E-state index contributed by atoms with van der Waals surface area (Å²) in [5.41, 5.74) is -0.639. The van der Waals surface area contributed by atoms with Crippen LogP contribution in [0.4, 0.5) is 4.39 Å². The number of hydrogen-bond donors (Lipinski definition) is 0. The van der Waals surface area contributed by atoms with Gasteiger partial charge in [-0.15, -0.1) is 0 Å². The zero-order chi connectivity index (χ0) is 21.5. The first-order valence-electron chi connectivity index (χ1n) is 8.88. The number of halogens is 1. The molecule has 1 fully saturated rings. The van der Waals surface area contributed by atoms with Gasteiger partial charge in [-0.25, -0.2) is 17.6 Å². The number of nitrogens with zero attached hydrogens (tertiary/aromatic N) is 2. The van der Waals surface area contributed by atoms with Crippen LogP contribution in [-0.2, 0) is 19.6 Å². The fraction of sp³-hybridized carbons (Fsp3) is 0.211. The number of hydrogen-bond acceptors (Lipinski definition) is 7. The highest BCUT2D eigenvalue weighted by Crippen LogP contribution is 2.25. The highest BCUT2D eigenvalue weighted by Gasteiger charge is 2.39. The number of morpholine rings is 1. The molecule has 0 radical (unpaired) electrons. The standard InChI is InChI=1S/C19H15FN2O7S/c20-16-6-5-12(30(26,27)21-7-9-28-10-8-21)11-15(16)19(25)29-22-17(23)13-3-1-2-4-14(13)18(22)24/h1-6,11H,7-10H2. The van der Waals surface area contributed by atoms with Crippen LogP contribution in [0.15, 0.2) is 47.4 Å². The molecule has 2 aliphatic rings. The maximum atomic E-state index is 14.3. The van der Waals surface area contributed by atoms with Gasteiger partial charge >= 0.3 is 5.97 Å². The molecule has 0 unspecified atom stereocenters. The van der Waals surface area contributed by atoms with E-state index in [1.54, 1.807) is 0 Å². The number of carbonyl (C=O) groups excluding carboxylic acids is 3. The van der Waals surface area contributed by atoms with Gasteiger partial charge in [0.05, 0.1) is 34.8 Å². The molecular weight excluding hydrogens is 419 g/mol. The molecule has 0 aliphatic carbocycles. The first-order valence-corrected chi connectivity index (χ1v) is 10.3. The fourth-order valence-electron chi connectivity index (χ4n) is 3.14. The van der Waals surface area contributed by atoms with Crippen molar-refractivity contribution in [1.29, 1.82) is 0 Å². The molecule has 1 saturated heterocycles. The quantitative estimate of drug-likeness (QED) is 0.666. The van der Waals surface area contributed by atoms with Crippen molar-refractivity contribution in [3.05, 3.63) is 65.0 Å². The summed E-state index contributed by atoms with van der Waals surface area (Å²) < 4.78 is 46.0. The number of benzene rings is 2. The van der Waals surface area contributed by atoms with Crippen LogP contribution in [0.2, 0.25) is 0 Å². The molecule has 2 amide bonds. The van der Waals surface area contributed by atoms with Crippen LogP contribution < -0.4 is 0 Å². The largest absolute Gasteiger partial charge is 0.379 e. The Balaban J connectivity index is 1.60. The zero-order valence-electron chi connectivity index (χ0n) is 15.4. The van der Waals surface area contributed by atoms with E-state index >= 15 is 0 Å². The van der Waals surface area contributed by atoms with Crippen LogP contribution in [0.5, 0.6) is 0 Å². The Kier molecular flexibility index (Phi) is 5.10. The number of ether oxygens (including phenoxy) is 1. The zero-order valence-corrected chi connectivity index (χ0v) is 16.2. The molecule has 4 rings (SSSR count). The molecule has 2 heterocycles. The SMILES string of the molecule is O=C(ON1C(=O)c2ccccc2C1=O)c1cc(S(=O)(=O)N2CCOCC2)ccc1F. The second kappa shape index (κ2) is 7.59. The third-order valence-corrected chi connectivity index (χ3v) is 6.59. The van der Waals surface area contributed by atoms with Crippen molar-refractivity contribution in [2.75, 3.05) is 26.3 Å². The molecule has 9 nitrogen and oxygen atoms in total. The highest BCUT2D eigenvalue weighted by atomic mass is 32.2. The minimum Gasteiger partial charge on any atom is -0.379 e. The first-order chi connectivity index (χ1) is 14.3. The van der Waals surface area contributed by atoms with Gasteiger partial charge in [0.1, 0.15) is 5.82 Å². The molecule has 0 saturated carbocycles. The Morgan fingerprint density at radius 2 is 1.60 bits per heavy atom. The average molecular weight is 434 g/mol. The average Bonchev–Trinajstić information content (AvgIpc) is 2.99. The van der Waals surface area contributed by atoms with Crippen molar-refractivity contribution in [1.82, 2.24) is 9.37 Å². The van der Waals surface area contributed by atoms with Crippen molar-refractivity contribution in [2.24, 2.45) is 0 Å². The number of hydroxylamine groups is 2. The Bertz CT molecular complexity index is 1120. The van der Waals surface area contributed by atoms with Gasteiger partial charge in [0.15, 0.2) is 0 Å². The van der Waals surface area contributed by atoms with E-state index in [0.29, 0.717) is 0 Å². The highest BCUT2D eigenvalue weighted by molar-refractivity contribution is 7.89. The first kappa shape index (κ1) is 20.1. The van der Waals surface area contributed by atoms with E-state index in [0.717, 1.165) is 22.5 Å². The van der Waals surface area contributed by atoms with Crippen LogP contribution in [0.25, 0.3) is 0 Å². The molecule has 11 heteroatoms. The molecule has 0 aromatic heterocycles. The van der Waals surface area contributed by atoms with Crippen LogP contribution >= 0.6 is 0 Å². The van der Waals surface area contributed by atoms with Crippen LogP contribution in [-0.4, -0.2) is 61.9 Å². The maximum absolute atomic E-state index is 14.3. The Morgan fingerprint density at radius 1 is 1.00 bits per heavy atom. The normalized spacial score (nSPS) is 17.2. The summed E-state index contributed by atoms with van der Waals surface area (Å²) in [4.78, 5) is 41.6. The smallest absolute Gasteiger partial charge is 0.366 e. The van der Waals surface area contributed by atoms with Crippen molar-refractivity contribution in [2.45, 2.75) is 4.90 Å². The van der Waals surface area contributed by atoms with E-state index < -0.39 is 39.2 Å². The number of rotatable bonds is 4. The van der Waals surface area contributed by atoms with E-state index in [2.05, 4.69) is 0 Å². The molecule has 30 heavy (non-hydrogen) atoms. The third-order valence-electron chi connectivity index (χ3n) is 4.70. The van der Waals surface area contributed by atoms with E-state index in [4.69, 9.17) is 9.57 Å². The van der Waals surface area contributed by atoms with Gasteiger partial charge in [0, 0.05) is 13.1 Å². The molecule has 0 N–H and O–H groups in total. The molecule has 2 aromatic rings. The Labute approximate surface area is 170 Å². The van der Waals surface area contributed by atoms with Gasteiger partial charge in [0.25, 0.3) is 11.8 Å². The van der Waals surface area contributed by atoms with E-state index in [9.17, 15) is 27.2 Å². The van der Waals surface area contributed by atoms with Gasteiger partial charge in [-0.05, 0) is 30.3 Å². The Hall–Kier alpha value is -3.15. The molecule has 2 aromatic carbocycles. The topological polar surface area (TPSA) is 110 Å². The van der Waals surface area contributed by atoms with E-state index in [-0.39, 0.29) is 47.4 Å². The van der Waals surface area contributed by atoms with Gasteiger partial charge in [-0.3, -0.25) is 9.59 Å². The number of imide groups is 1. The monoisotopic (exact) mass is 434 g/mol. The van der Waals surface area contributed by atoms with E-state index in [1.165, 1.54) is 24.3 Å². The molecular formula is C19H15FN2O7S. The summed E-state index contributed by atoms with van der Waals surface area (Å²) in [5, 5.41) is 0.232. The lowest BCUT2D eigenvalue weighted by Crippen LogP contribution is -2.40. The number of sulfonamides is 1. The molecule has 0 bridgehead atoms. The predicted octanol–water partition coefficient (Wildman–Crippen LogP) is 1.21. The van der Waals surface area contributed by atoms with Crippen molar-refractivity contribution in [3.8, 4) is 0 Å². The molecule has 0 spiro atoms. The minimum atomic E-state index is -4.00. The summed E-state index contributed by atoms with van der Waals surface area (Å²) >= 11 is 0. The molecule has 156 valence electrons. The van der Waals surface area contributed by atoms with Crippen LogP contribution in [0.3, 0.4) is 0 Å². The number of carbonyl (C=O) groups is 3. The van der Waals surface area contributed by atoms with Gasteiger partial charge in [0.2, 0.25) is 10.0 Å². The Morgan fingerprint density at radius 3 is 2.20 bits per heavy atom. The lowest BCUT2D eigenvalue weighted by Gasteiger charge is -2.26. The van der Waals surface area contributed by atoms with Gasteiger partial charge < -0.3 is 9.57 Å². The van der Waals surface area contributed by atoms with E-state index in [1.807, 2.05) is 0 Å². The fourth-order valence-corrected chi connectivity index (χ4v) is 4.57. The summed E-state index contributed by atoms with van der Waals surface area (Å²) in [6, 6.07) is 8.51. The second-order valence-electron chi connectivity index (χ2n) is 6.49.